The summed E-state index contributed by atoms with van der Waals surface area (Å²) in [5.74, 6) is 0. The maximum atomic E-state index is 6.48. The maximum Gasteiger partial charge on any atom is 0.112 e. The predicted molar refractivity (Wildman–Crippen MR) is 63.1 cm³/mol. The molecule has 2 N–H and O–H groups in total. The van der Waals surface area contributed by atoms with Crippen LogP contribution in [-0.4, -0.2) is 30.5 Å². The Morgan fingerprint density at radius 2 is 1.86 bits per heavy atom. The Hall–Kier alpha value is 0.500. The van der Waals surface area contributed by atoms with E-state index in [0.29, 0.717) is 0 Å². The van der Waals surface area contributed by atoms with Crippen molar-refractivity contribution in [1.29, 1.82) is 0 Å². The standard InChI is InChI=1S/C10H20Cl2N2/c1-9(2)5-7(13-3)8(11)10(12,6-9)14-4/h7-8,13-14H,5-6H2,1-4H3. The van der Waals surface area contributed by atoms with E-state index in [1.807, 2.05) is 14.1 Å². The van der Waals surface area contributed by atoms with E-state index in [0.717, 1.165) is 12.8 Å². The van der Waals surface area contributed by atoms with Crippen LogP contribution in [0.1, 0.15) is 26.7 Å². The summed E-state index contributed by atoms with van der Waals surface area (Å²) in [6, 6.07) is 0.269. The van der Waals surface area contributed by atoms with Crippen molar-refractivity contribution in [3.8, 4) is 0 Å². The molecule has 1 aliphatic rings. The van der Waals surface area contributed by atoms with Crippen LogP contribution in [-0.2, 0) is 0 Å². The molecule has 1 rings (SSSR count). The molecule has 0 amide bonds. The molecule has 0 spiro atoms. The van der Waals surface area contributed by atoms with Gasteiger partial charge in [0.05, 0.1) is 5.38 Å². The van der Waals surface area contributed by atoms with E-state index in [9.17, 15) is 0 Å². The molecule has 4 heteroatoms. The zero-order valence-corrected chi connectivity index (χ0v) is 10.8. The van der Waals surface area contributed by atoms with Gasteiger partial charge >= 0.3 is 0 Å². The molecule has 0 aromatic heterocycles. The predicted octanol–water partition coefficient (Wildman–Crippen LogP) is 2.16. The molecule has 14 heavy (non-hydrogen) atoms. The fraction of sp³-hybridized carbons (Fsp3) is 1.00. The van der Waals surface area contributed by atoms with Crippen molar-refractivity contribution < 1.29 is 0 Å². The van der Waals surface area contributed by atoms with Crippen LogP contribution in [0.4, 0.5) is 0 Å². The lowest BCUT2D eigenvalue weighted by Crippen LogP contribution is -2.60. The third-order valence-electron chi connectivity index (χ3n) is 3.09. The van der Waals surface area contributed by atoms with E-state index >= 15 is 0 Å². The molecule has 84 valence electrons. The molecule has 3 atom stereocenters. The topological polar surface area (TPSA) is 24.1 Å². The van der Waals surface area contributed by atoms with E-state index < -0.39 is 5.00 Å². The zero-order chi connectivity index (χ0) is 11.0. The van der Waals surface area contributed by atoms with Crippen molar-refractivity contribution in [2.75, 3.05) is 14.1 Å². The molecule has 2 nitrogen and oxygen atoms in total. The minimum atomic E-state index is -0.489. The first-order valence-corrected chi connectivity index (χ1v) is 5.85. The molecule has 1 saturated carbocycles. The van der Waals surface area contributed by atoms with Crippen LogP contribution < -0.4 is 10.6 Å². The largest absolute Gasteiger partial charge is 0.315 e. The van der Waals surface area contributed by atoms with Crippen LogP contribution in [0.3, 0.4) is 0 Å². The first kappa shape index (κ1) is 12.6. The summed E-state index contributed by atoms with van der Waals surface area (Å²) >= 11 is 12.8. The first-order valence-electron chi connectivity index (χ1n) is 5.04. The smallest absolute Gasteiger partial charge is 0.112 e. The van der Waals surface area contributed by atoms with Crippen molar-refractivity contribution in [1.82, 2.24) is 10.6 Å². The summed E-state index contributed by atoms with van der Waals surface area (Å²) in [5, 5.41) is 6.31. The Morgan fingerprint density at radius 1 is 1.29 bits per heavy atom. The van der Waals surface area contributed by atoms with Crippen LogP contribution in [0.2, 0.25) is 0 Å². The van der Waals surface area contributed by atoms with Crippen molar-refractivity contribution in [3.05, 3.63) is 0 Å². The lowest BCUT2D eigenvalue weighted by molar-refractivity contribution is 0.152. The van der Waals surface area contributed by atoms with Crippen LogP contribution in [0, 0.1) is 5.41 Å². The number of rotatable bonds is 2. The normalized spacial score (nSPS) is 42.4. The van der Waals surface area contributed by atoms with Crippen LogP contribution in [0.15, 0.2) is 0 Å². The van der Waals surface area contributed by atoms with E-state index in [1.165, 1.54) is 0 Å². The first-order chi connectivity index (χ1) is 6.34. The van der Waals surface area contributed by atoms with Gasteiger partial charge in [0.1, 0.15) is 5.00 Å². The molecular weight excluding hydrogens is 219 g/mol. The highest BCUT2D eigenvalue weighted by Gasteiger charge is 2.48. The monoisotopic (exact) mass is 238 g/mol. The second kappa shape index (κ2) is 4.17. The fourth-order valence-electron chi connectivity index (χ4n) is 2.36. The Morgan fingerprint density at radius 3 is 2.29 bits per heavy atom. The Balaban J connectivity index is 2.87. The number of nitrogens with one attached hydrogen (secondary N) is 2. The highest BCUT2D eigenvalue weighted by atomic mass is 35.5. The molecule has 0 radical (unpaired) electrons. The average molecular weight is 239 g/mol. The van der Waals surface area contributed by atoms with Gasteiger partial charge in [0.15, 0.2) is 0 Å². The number of hydrogen-bond donors (Lipinski definition) is 2. The van der Waals surface area contributed by atoms with E-state index in [1.54, 1.807) is 0 Å². The second-order valence-corrected chi connectivity index (χ2v) is 6.10. The molecule has 0 heterocycles. The van der Waals surface area contributed by atoms with Gasteiger partial charge in [0.2, 0.25) is 0 Å². The molecule has 0 bridgehead atoms. The third kappa shape index (κ3) is 2.35. The molecular formula is C10H20Cl2N2. The molecule has 1 aliphatic carbocycles. The average Bonchev–Trinajstić information content (AvgIpc) is 2.10. The Labute approximate surface area is 96.7 Å². The quantitative estimate of drug-likeness (QED) is 0.570. The van der Waals surface area contributed by atoms with Gasteiger partial charge in [-0.2, -0.15) is 0 Å². The van der Waals surface area contributed by atoms with Gasteiger partial charge in [-0.05, 0) is 32.4 Å². The van der Waals surface area contributed by atoms with Gasteiger partial charge < -0.3 is 10.6 Å². The molecule has 0 aromatic rings. The van der Waals surface area contributed by atoms with Gasteiger partial charge in [-0.3, -0.25) is 0 Å². The van der Waals surface area contributed by atoms with Gasteiger partial charge in [-0.25, -0.2) is 0 Å². The summed E-state index contributed by atoms with van der Waals surface area (Å²) < 4.78 is 0. The van der Waals surface area contributed by atoms with Crippen molar-refractivity contribution in [3.63, 3.8) is 0 Å². The Kier molecular flexibility index (Phi) is 3.74. The second-order valence-electron chi connectivity index (χ2n) is 4.95. The number of hydrogen-bond acceptors (Lipinski definition) is 2. The fourth-order valence-corrected chi connectivity index (χ4v) is 3.27. The van der Waals surface area contributed by atoms with Gasteiger partial charge in [0.25, 0.3) is 0 Å². The van der Waals surface area contributed by atoms with Crippen LogP contribution in [0.5, 0.6) is 0 Å². The van der Waals surface area contributed by atoms with Gasteiger partial charge in [0, 0.05) is 6.04 Å². The molecule has 1 fully saturated rings. The lowest BCUT2D eigenvalue weighted by Gasteiger charge is -2.48. The maximum absolute atomic E-state index is 6.48. The zero-order valence-electron chi connectivity index (χ0n) is 9.32. The minimum absolute atomic E-state index is 0.0767. The third-order valence-corrected chi connectivity index (χ3v) is 4.43. The lowest BCUT2D eigenvalue weighted by atomic mass is 9.72. The molecule has 3 unspecified atom stereocenters. The molecule has 0 saturated heterocycles. The van der Waals surface area contributed by atoms with Gasteiger partial charge in [-0.15, -0.1) is 23.2 Å². The van der Waals surface area contributed by atoms with Crippen molar-refractivity contribution in [2.24, 2.45) is 5.41 Å². The summed E-state index contributed by atoms with van der Waals surface area (Å²) in [5.41, 5.74) is 0.226. The summed E-state index contributed by atoms with van der Waals surface area (Å²) in [4.78, 5) is -0.489. The van der Waals surface area contributed by atoms with E-state index in [4.69, 9.17) is 23.2 Å². The van der Waals surface area contributed by atoms with Crippen LogP contribution >= 0.6 is 23.2 Å². The van der Waals surface area contributed by atoms with E-state index in [2.05, 4.69) is 24.5 Å². The van der Waals surface area contributed by atoms with Crippen LogP contribution in [0.25, 0.3) is 0 Å². The van der Waals surface area contributed by atoms with E-state index in [-0.39, 0.29) is 16.8 Å². The summed E-state index contributed by atoms with van der Waals surface area (Å²) in [7, 11) is 3.81. The van der Waals surface area contributed by atoms with Crippen molar-refractivity contribution >= 4 is 23.2 Å². The number of alkyl halides is 2. The highest BCUT2D eigenvalue weighted by Crippen LogP contribution is 2.45. The molecule has 0 aliphatic heterocycles. The highest BCUT2D eigenvalue weighted by molar-refractivity contribution is 6.32. The minimum Gasteiger partial charge on any atom is -0.315 e. The van der Waals surface area contributed by atoms with Gasteiger partial charge in [-0.1, -0.05) is 13.8 Å². The molecule has 0 aromatic carbocycles. The number of halogens is 2. The SMILES string of the molecule is CNC1CC(C)(C)CC(Cl)(NC)C1Cl. The summed E-state index contributed by atoms with van der Waals surface area (Å²) in [6.07, 6.45) is 1.96. The van der Waals surface area contributed by atoms with Crippen molar-refractivity contribution in [2.45, 2.75) is 43.1 Å². The Bertz CT molecular complexity index is 208. The summed E-state index contributed by atoms with van der Waals surface area (Å²) in [6.45, 7) is 4.46.